The normalized spacial score (nSPS) is 18.9. The van der Waals surface area contributed by atoms with Gasteiger partial charge in [-0.25, -0.2) is 0 Å². The summed E-state index contributed by atoms with van der Waals surface area (Å²) >= 11 is 0. The molecule has 1 unspecified atom stereocenters. The molecule has 0 bridgehead atoms. The van der Waals surface area contributed by atoms with E-state index in [1.807, 2.05) is 11.7 Å². The third kappa shape index (κ3) is 2.21. The van der Waals surface area contributed by atoms with Crippen molar-refractivity contribution in [3.63, 3.8) is 0 Å². The quantitative estimate of drug-likeness (QED) is 0.849. The van der Waals surface area contributed by atoms with Crippen LogP contribution in [0.15, 0.2) is 6.20 Å². The maximum atomic E-state index is 6.26. The zero-order chi connectivity index (χ0) is 11.5. The minimum absolute atomic E-state index is 0.0468. The Hall–Kier alpha value is -1.03. The van der Waals surface area contributed by atoms with E-state index in [1.165, 1.54) is 25.7 Å². The van der Waals surface area contributed by atoms with E-state index in [-0.39, 0.29) is 6.04 Å². The first kappa shape index (κ1) is 11.5. The van der Waals surface area contributed by atoms with Crippen molar-refractivity contribution in [2.45, 2.75) is 38.1 Å². The van der Waals surface area contributed by atoms with Crippen LogP contribution < -0.4 is 10.5 Å². The molecule has 16 heavy (non-hydrogen) atoms. The molecule has 1 aromatic rings. The Morgan fingerprint density at radius 1 is 1.56 bits per heavy atom. The number of hydrogen-bond donors (Lipinski definition) is 1. The van der Waals surface area contributed by atoms with E-state index in [0.29, 0.717) is 0 Å². The summed E-state index contributed by atoms with van der Waals surface area (Å²) in [4.78, 5) is 0. The standard InChI is InChI=1S/C12H21N3O/c1-15-12(11(16-2)8-14-15)10(13)7-9-5-3-4-6-9/h8-10H,3-7,13H2,1-2H3. The van der Waals surface area contributed by atoms with Crippen molar-refractivity contribution in [3.05, 3.63) is 11.9 Å². The maximum Gasteiger partial charge on any atom is 0.161 e. The van der Waals surface area contributed by atoms with Gasteiger partial charge in [0.25, 0.3) is 0 Å². The molecule has 90 valence electrons. The molecule has 0 amide bonds. The number of nitrogens with zero attached hydrogens (tertiary/aromatic N) is 2. The fourth-order valence-corrected chi connectivity index (χ4v) is 2.72. The molecule has 1 aliphatic carbocycles. The van der Waals surface area contributed by atoms with Crippen molar-refractivity contribution < 1.29 is 4.74 Å². The van der Waals surface area contributed by atoms with Gasteiger partial charge in [0.2, 0.25) is 0 Å². The van der Waals surface area contributed by atoms with E-state index < -0.39 is 0 Å². The van der Waals surface area contributed by atoms with Crippen molar-refractivity contribution in [1.29, 1.82) is 0 Å². The van der Waals surface area contributed by atoms with Crippen molar-refractivity contribution >= 4 is 0 Å². The van der Waals surface area contributed by atoms with Gasteiger partial charge in [0.1, 0.15) is 0 Å². The van der Waals surface area contributed by atoms with Gasteiger partial charge in [-0.3, -0.25) is 4.68 Å². The topological polar surface area (TPSA) is 53.1 Å². The van der Waals surface area contributed by atoms with Crippen LogP contribution >= 0.6 is 0 Å². The fraction of sp³-hybridized carbons (Fsp3) is 0.750. The number of hydrogen-bond acceptors (Lipinski definition) is 3. The summed E-state index contributed by atoms with van der Waals surface area (Å²) in [6.45, 7) is 0. The first-order valence-corrected chi connectivity index (χ1v) is 6.04. The molecule has 0 aromatic carbocycles. The number of methoxy groups -OCH3 is 1. The Labute approximate surface area is 96.8 Å². The van der Waals surface area contributed by atoms with Crippen molar-refractivity contribution in [3.8, 4) is 5.75 Å². The van der Waals surface area contributed by atoms with Crippen LogP contribution in [0.5, 0.6) is 5.75 Å². The lowest BCUT2D eigenvalue weighted by molar-refractivity contribution is 0.387. The first-order chi connectivity index (χ1) is 7.72. The molecule has 1 heterocycles. The first-order valence-electron chi connectivity index (χ1n) is 6.04. The highest BCUT2D eigenvalue weighted by atomic mass is 16.5. The van der Waals surface area contributed by atoms with Crippen LogP contribution in [0, 0.1) is 5.92 Å². The zero-order valence-electron chi connectivity index (χ0n) is 10.1. The lowest BCUT2D eigenvalue weighted by atomic mass is 9.97. The van der Waals surface area contributed by atoms with Gasteiger partial charge < -0.3 is 10.5 Å². The van der Waals surface area contributed by atoms with Crippen LogP contribution in [-0.4, -0.2) is 16.9 Å². The number of rotatable bonds is 4. The minimum atomic E-state index is 0.0468. The lowest BCUT2D eigenvalue weighted by Gasteiger charge is -2.17. The van der Waals surface area contributed by atoms with E-state index in [9.17, 15) is 0 Å². The van der Waals surface area contributed by atoms with E-state index in [0.717, 1.165) is 23.8 Å². The molecule has 2 N–H and O–H groups in total. The Balaban J connectivity index is 2.06. The predicted molar refractivity (Wildman–Crippen MR) is 63.3 cm³/mol. The molecule has 0 aliphatic heterocycles. The monoisotopic (exact) mass is 223 g/mol. The predicted octanol–water partition coefficient (Wildman–Crippen LogP) is 2.01. The molecule has 4 nitrogen and oxygen atoms in total. The maximum absolute atomic E-state index is 6.26. The molecule has 4 heteroatoms. The molecular formula is C12H21N3O. The van der Waals surface area contributed by atoms with Crippen LogP contribution in [0.4, 0.5) is 0 Å². The molecule has 1 fully saturated rings. The van der Waals surface area contributed by atoms with E-state index in [1.54, 1.807) is 13.3 Å². The lowest BCUT2D eigenvalue weighted by Crippen LogP contribution is -2.18. The number of ether oxygens (including phenoxy) is 1. The Morgan fingerprint density at radius 2 is 2.25 bits per heavy atom. The molecule has 1 aliphatic rings. The van der Waals surface area contributed by atoms with Crippen LogP contribution in [0.1, 0.15) is 43.8 Å². The summed E-state index contributed by atoms with van der Waals surface area (Å²) in [7, 11) is 3.59. The third-order valence-electron chi connectivity index (χ3n) is 3.58. The average molecular weight is 223 g/mol. The zero-order valence-corrected chi connectivity index (χ0v) is 10.1. The highest BCUT2D eigenvalue weighted by Gasteiger charge is 2.23. The highest BCUT2D eigenvalue weighted by molar-refractivity contribution is 5.27. The molecule has 0 spiro atoms. The molecule has 0 saturated heterocycles. The summed E-state index contributed by atoms with van der Waals surface area (Å²) in [6.07, 6.45) is 8.17. The summed E-state index contributed by atoms with van der Waals surface area (Å²) in [5.41, 5.74) is 7.28. The second-order valence-corrected chi connectivity index (χ2v) is 4.71. The number of aromatic nitrogens is 2. The van der Waals surface area contributed by atoms with Crippen LogP contribution in [0.25, 0.3) is 0 Å². The second kappa shape index (κ2) is 4.87. The van der Waals surface area contributed by atoms with Crippen LogP contribution in [0.3, 0.4) is 0 Å². The highest BCUT2D eigenvalue weighted by Crippen LogP contribution is 2.34. The fourth-order valence-electron chi connectivity index (χ4n) is 2.72. The summed E-state index contributed by atoms with van der Waals surface area (Å²) in [5.74, 6) is 1.60. The van der Waals surface area contributed by atoms with Gasteiger partial charge >= 0.3 is 0 Å². The summed E-state index contributed by atoms with van der Waals surface area (Å²) in [6, 6.07) is 0.0468. The average Bonchev–Trinajstić information content (AvgIpc) is 2.87. The van der Waals surface area contributed by atoms with Gasteiger partial charge in [-0.05, 0) is 12.3 Å². The molecule has 1 atom stereocenters. The van der Waals surface area contributed by atoms with Crippen LogP contribution in [-0.2, 0) is 7.05 Å². The Bertz CT molecular complexity index is 342. The van der Waals surface area contributed by atoms with Gasteiger partial charge in [-0.2, -0.15) is 5.10 Å². The van der Waals surface area contributed by atoms with Crippen molar-refractivity contribution in [2.24, 2.45) is 18.7 Å². The van der Waals surface area contributed by atoms with Gasteiger partial charge in [-0.1, -0.05) is 25.7 Å². The van der Waals surface area contributed by atoms with Crippen molar-refractivity contribution in [1.82, 2.24) is 9.78 Å². The van der Waals surface area contributed by atoms with Gasteiger partial charge in [0.15, 0.2) is 5.75 Å². The molecular weight excluding hydrogens is 202 g/mol. The Morgan fingerprint density at radius 3 is 2.88 bits per heavy atom. The van der Waals surface area contributed by atoms with E-state index in [4.69, 9.17) is 10.5 Å². The summed E-state index contributed by atoms with van der Waals surface area (Å²) in [5, 5.41) is 4.19. The third-order valence-corrected chi connectivity index (χ3v) is 3.58. The molecule has 2 rings (SSSR count). The molecule has 1 aromatic heterocycles. The number of nitrogens with two attached hydrogens (primary N) is 1. The smallest absolute Gasteiger partial charge is 0.161 e. The van der Waals surface area contributed by atoms with Gasteiger partial charge in [0, 0.05) is 7.05 Å². The van der Waals surface area contributed by atoms with Gasteiger partial charge in [0.05, 0.1) is 25.0 Å². The largest absolute Gasteiger partial charge is 0.493 e. The van der Waals surface area contributed by atoms with E-state index >= 15 is 0 Å². The minimum Gasteiger partial charge on any atom is -0.493 e. The second-order valence-electron chi connectivity index (χ2n) is 4.71. The summed E-state index contributed by atoms with van der Waals surface area (Å²) < 4.78 is 7.12. The van der Waals surface area contributed by atoms with Gasteiger partial charge in [-0.15, -0.1) is 0 Å². The van der Waals surface area contributed by atoms with Crippen LogP contribution in [0.2, 0.25) is 0 Å². The Kier molecular flexibility index (Phi) is 3.49. The number of aryl methyl sites for hydroxylation is 1. The van der Waals surface area contributed by atoms with Crippen molar-refractivity contribution in [2.75, 3.05) is 7.11 Å². The molecule has 1 saturated carbocycles. The van der Waals surface area contributed by atoms with E-state index in [2.05, 4.69) is 5.10 Å². The molecule has 0 radical (unpaired) electrons. The SMILES string of the molecule is COc1cnn(C)c1C(N)CC1CCCC1.